The Morgan fingerprint density at radius 1 is 1.41 bits per heavy atom. The number of carbonyl (C=O) groups is 1. The van der Waals surface area contributed by atoms with E-state index in [0.717, 1.165) is 6.34 Å². The number of nitrogens with one attached hydrogen (secondary N) is 2. The SMILES string of the molecule is CC(C)OC(=O)[C@H](C)NP(=O)(OC[C@H]1O[C@@H](c2cnc(C(N)=NC=[NH2+])[nH]2)[C@](C)(O)[C@@H]1O)Oc1ccc(Cl)cc1. The Labute approximate surface area is 230 Å². The average Bonchev–Trinajstić information content (AvgIpc) is 3.42. The Hall–Kier alpha value is -2.84. The van der Waals surface area contributed by atoms with Gasteiger partial charge in [0.2, 0.25) is 5.82 Å². The number of halogens is 1. The predicted molar refractivity (Wildman–Crippen MR) is 141 cm³/mol. The molecule has 0 spiro atoms. The molecule has 1 aliphatic heterocycles. The highest BCUT2D eigenvalue weighted by Crippen LogP contribution is 2.47. The van der Waals surface area contributed by atoms with Crippen molar-refractivity contribution in [3.8, 4) is 5.75 Å². The van der Waals surface area contributed by atoms with Crippen LogP contribution in [0.5, 0.6) is 5.75 Å². The molecular weight excluding hydrogens is 555 g/mol. The average molecular weight is 588 g/mol. The van der Waals surface area contributed by atoms with E-state index >= 15 is 0 Å². The monoisotopic (exact) mass is 587 g/mol. The number of ether oxygens (including phenoxy) is 2. The maximum absolute atomic E-state index is 13.7. The van der Waals surface area contributed by atoms with E-state index in [1.54, 1.807) is 13.8 Å². The predicted octanol–water partition coefficient (Wildman–Crippen LogP) is 0.241. The molecule has 3 rings (SSSR count). The number of aromatic amines is 1. The van der Waals surface area contributed by atoms with Crippen LogP contribution in [0, 0.1) is 0 Å². The number of esters is 1. The molecule has 14 nitrogen and oxygen atoms in total. The van der Waals surface area contributed by atoms with Gasteiger partial charge in [0.25, 0.3) is 12.2 Å². The summed E-state index contributed by atoms with van der Waals surface area (Å²) in [4.78, 5) is 23.0. The molecule has 16 heteroatoms. The zero-order valence-corrected chi connectivity index (χ0v) is 23.4. The Kier molecular flexibility index (Phi) is 9.88. The van der Waals surface area contributed by atoms with Gasteiger partial charge in [0.1, 0.15) is 35.7 Å². The van der Waals surface area contributed by atoms with Crippen molar-refractivity contribution >= 4 is 37.5 Å². The molecule has 8 N–H and O–H groups in total. The van der Waals surface area contributed by atoms with Gasteiger partial charge in [0.15, 0.2) is 0 Å². The van der Waals surface area contributed by atoms with E-state index in [9.17, 15) is 19.6 Å². The zero-order valence-electron chi connectivity index (χ0n) is 21.8. The normalized spacial score (nSPS) is 25.7. The number of imidazole rings is 1. The first-order chi connectivity index (χ1) is 18.3. The molecule has 1 aromatic carbocycles. The highest BCUT2D eigenvalue weighted by molar-refractivity contribution is 7.52. The summed E-state index contributed by atoms with van der Waals surface area (Å²) in [6, 6.07) is 4.88. The molecule has 1 unspecified atom stereocenters. The maximum Gasteiger partial charge on any atom is 0.459 e. The van der Waals surface area contributed by atoms with Gasteiger partial charge in [0, 0.05) is 5.02 Å². The topological polar surface area (TPSA) is 216 Å². The number of nitrogens with two attached hydrogens (primary N) is 2. The van der Waals surface area contributed by atoms with Gasteiger partial charge < -0.3 is 34.9 Å². The quantitative estimate of drug-likeness (QED) is 0.0855. The zero-order chi connectivity index (χ0) is 29.0. The van der Waals surface area contributed by atoms with E-state index in [1.807, 2.05) is 0 Å². The Morgan fingerprint density at radius 2 is 2.08 bits per heavy atom. The largest absolute Gasteiger partial charge is 0.462 e. The lowest BCUT2D eigenvalue weighted by Gasteiger charge is -2.26. The van der Waals surface area contributed by atoms with E-state index in [0.29, 0.717) is 5.02 Å². The number of benzene rings is 1. The Balaban J connectivity index is 1.79. The molecule has 2 heterocycles. The Morgan fingerprint density at radius 3 is 2.69 bits per heavy atom. The van der Waals surface area contributed by atoms with Crippen molar-refractivity contribution in [3.63, 3.8) is 0 Å². The number of aliphatic hydroxyl groups excluding tert-OH is 1. The number of rotatable bonds is 12. The number of aromatic nitrogens is 2. The van der Waals surface area contributed by atoms with Crippen molar-refractivity contribution in [2.24, 2.45) is 10.7 Å². The second-order valence-electron chi connectivity index (χ2n) is 9.25. The van der Waals surface area contributed by atoms with Crippen molar-refractivity contribution in [2.75, 3.05) is 6.61 Å². The summed E-state index contributed by atoms with van der Waals surface area (Å²) in [5.74, 6) is -0.374. The van der Waals surface area contributed by atoms with Crippen LogP contribution < -0.4 is 20.8 Å². The number of hydrogen-bond acceptors (Lipinski definition) is 9. The van der Waals surface area contributed by atoms with Gasteiger partial charge in [0.05, 0.1) is 24.6 Å². The van der Waals surface area contributed by atoms with Gasteiger partial charge in [-0.2, -0.15) is 5.09 Å². The third kappa shape index (κ3) is 7.63. The minimum Gasteiger partial charge on any atom is -0.462 e. The van der Waals surface area contributed by atoms with E-state index in [1.165, 1.54) is 44.3 Å². The molecule has 0 aliphatic carbocycles. The number of aliphatic imine (C=N–C) groups is 1. The van der Waals surface area contributed by atoms with Crippen molar-refractivity contribution in [2.45, 2.75) is 63.8 Å². The van der Waals surface area contributed by atoms with Crippen molar-refractivity contribution in [3.05, 3.63) is 47.0 Å². The molecular formula is C23H33ClN6O8P+. The number of carbonyl (C=O) groups excluding carboxylic acids is 1. The standard InChI is InChI=1S/C23H32ClN6O8P/c1-12(2)36-22(32)13(3)30-39(34,38-15-7-5-14(24)6-8-15)35-10-17-18(31)23(4,33)19(37-17)16-9-27-21(29-16)20(26)28-11-25/h5-9,11-13,17-19,31,33H,10H2,1-4H3,(H,27,29)(H,30,34)(H3,25,26,28)/p+1/t13-,17+,18+,19-,23+,39?/m0/s1. The van der Waals surface area contributed by atoms with Crippen LogP contribution in [0.2, 0.25) is 5.02 Å². The summed E-state index contributed by atoms with van der Waals surface area (Å²) in [6.45, 7) is 5.64. The fraction of sp³-hybridized carbons (Fsp3) is 0.478. The van der Waals surface area contributed by atoms with Crippen LogP contribution in [-0.4, -0.2) is 74.9 Å². The molecule has 6 atom stereocenters. The second kappa shape index (κ2) is 12.6. The first-order valence-corrected chi connectivity index (χ1v) is 13.8. The van der Waals surface area contributed by atoms with E-state index in [-0.39, 0.29) is 23.1 Å². The van der Waals surface area contributed by atoms with Crippen LogP contribution in [0.4, 0.5) is 0 Å². The highest BCUT2D eigenvalue weighted by atomic mass is 35.5. The van der Waals surface area contributed by atoms with Crippen molar-refractivity contribution < 1.29 is 43.5 Å². The van der Waals surface area contributed by atoms with Gasteiger partial charge in [-0.25, -0.2) is 9.55 Å². The first kappa shape index (κ1) is 30.7. The van der Waals surface area contributed by atoms with E-state index in [4.69, 9.17) is 41.3 Å². The number of H-pyrrole nitrogens is 1. The summed E-state index contributed by atoms with van der Waals surface area (Å²) in [5.41, 5.74) is 4.25. The van der Waals surface area contributed by atoms with Crippen LogP contribution in [0.1, 0.15) is 45.3 Å². The van der Waals surface area contributed by atoms with Crippen LogP contribution in [0.25, 0.3) is 0 Å². The molecule has 39 heavy (non-hydrogen) atoms. The van der Waals surface area contributed by atoms with Crippen molar-refractivity contribution in [1.82, 2.24) is 15.1 Å². The minimum atomic E-state index is -4.27. The first-order valence-electron chi connectivity index (χ1n) is 11.9. The molecule has 0 bridgehead atoms. The lowest BCUT2D eigenvalue weighted by molar-refractivity contribution is -0.149. The summed E-state index contributed by atoms with van der Waals surface area (Å²) >= 11 is 5.92. The molecule has 1 saturated heterocycles. The van der Waals surface area contributed by atoms with Gasteiger partial charge in [-0.1, -0.05) is 11.6 Å². The maximum atomic E-state index is 13.7. The highest BCUT2D eigenvalue weighted by Gasteiger charge is 2.54. The molecule has 1 aliphatic rings. The number of hydrogen-bond donors (Lipinski definition) is 6. The molecule has 2 aromatic rings. The fourth-order valence-electron chi connectivity index (χ4n) is 3.70. The fourth-order valence-corrected chi connectivity index (χ4v) is 5.33. The minimum absolute atomic E-state index is 0.00158. The van der Waals surface area contributed by atoms with E-state index < -0.39 is 56.4 Å². The van der Waals surface area contributed by atoms with Gasteiger partial charge in [-0.15, -0.1) is 0 Å². The number of nitrogens with zero attached hydrogens (tertiary/aromatic N) is 2. The van der Waals surface area contributed by atoms with Crippen LogP contribution in [0.3, 0.4) is 0 Å². The van der Waals surface area contributed by atoms with Crippen LogP contribution >= 0.6 is 19.3 Å². The number of amidine groups is 1. The molecule has 0 amide bonds. The third-order valence-corrected chi connectivity index (χ3v) is 7.53. The molecule has 1 fully saturated rings. The summed E-state index contributed by atoms with van der Waals surface area (Å²) in [7, 11) is -4.27. The lowest BCUT2D eigenvalue weighted by Crippen LogP contribution is -2.43. The molecule has 0 radical (unpaired) electrons. The van der Waals surface area contributed by atoms with Crippen molar-refractivity contribution in [1.29, 1.82) is 0 Å². The molecule has 0 saturated carbocycles. The smallest absolute Gasteiger partial charge is 0.459 e. The van der Waals surface area contributed by atoms with Crippen LogP contribution in [0.15, 0.2) is 35.5 Å². The summed E-state index contributed by atoms with van der Waals surface area (Å²) < 4.78 is 36.0. The second-order valence-corrected chi connectivity index (χ2v) is 11.4. The van der Waals surface area contributed by atoms with Gasteiger partial charge >= 0.3 is 13.7 Å². The van der Waals surface area contributed by atoms with Gasteiger partial charge in [-0.05, 0) is 57.0 Å². The Bertz CT molecular complexity index is 1240. The van der Waals surface area contributed by atoms with E-state index in [2.05, 4.69) is 20.0 Å². The van der Waals surface area contributed by atoms with Gasteiger partial charge in [-0.3, -0.25) is 14.7 Å². The van der Waals surface area contributed by atoms with Crippen LogP contribution in [-0.2, 0) is 23.4 Å². The molecule has 214 valence electrons. The number of aliphatic hydroxyl groups is 2. The third-order valence-electron chi connectivity index (χ3n) is 5.63. The molecule has 1 aromatic heterocycles. The summed E-state index contributed by atoms with van der Waals surface area (Å²) in [6.07, 6.45) is -1.79. The summed E-state index contributed by atoms with van der Waals surface area (Å²) in [5, 5.41) is 30.1. The lowest BCUT2D eigenvalue weighted by atomic mass is 9.91.